The summed E-state index contributed by atoms with van der Waals surface area (Å²) in [5.74, 6) is 1.25. The summed E-state index contributed by atoms with van der Waals surface area (Å²) in [7, 11) is 0. The lowest BCUT2D eigenvalue weighted by Crippen LogP contribution is -2.48. The van der Waals surface area contributed by atoms with Crippen molar-refractivity contribution < 1.29 is 9.32 Å². The predicted octanol–water partition coefficient (Wildman–Crippen LogP) is 3.34. The number of pyridine rings is 1. The number of imidazole rings is 1. The Morgan fingerprint density at radius 2 is 2.00 bits per heavy atom. The van der Waals surface area contributed by atoms with Gasteiger partial charge in [-0.1, -0.05) is 11.2 Å². The predicted molar refractivity (Wildman–Crippen MR) is 122 cm³/mol. The van der Waals surface area contributed by atoms with E-state index in [4.69, 9.17) is 9.51 Å². The summed E-state index contributed by atoms with van der Waals surface area (Å²) in [6.07, 6.45) is 2.96. The number of carbonyl (C=O) groups is 1. The van der Waals surface area contributed by atoms with Crippen molar-refractivity contribution in [2.24, 2.45) is 0 Å². The number of thiophene rings is 1. The first-order chi connectivity index (χ1) is 15.6. The Morgan fingerprint density at radius 1 is 1.16 bits per heavy atom. The van der Waals surface area contributed by atoms with E-state index >= 15 is 0 Å². The van der Waals surface area contributed by atoms with E-state index in [2.05, 4.69) is 51.6 Å². The summed E-state index contributed by atoms with van der Waals surface area (Å²) < 4.78 is 7.49. The van der Waals surface area contributed by atoms with Crippen LogP contribution in [0.4, 0.5) is 0 Å². The Bertz CT molecular complexity index is 1220. The number of hydrogen-bond donors (Lipinski definition) is 0. The highest BCUT2D eigenvalue weighted by atomic mass is 32.1. The Balaban J connectivity index is 1.13. The first-order valence-corrected chi connectivity index (χ1v) is 11.8. The molecule has 1 aliphatic rings. The maximum atomic E-state index is 12.7. The molecule has 5 rings (SSSR count). The first kappa shape index (κ1) is 20.8. The second-order valence-corrected chi connectivity index (χ2v) is 9.17. The van der Waals surface area contributed by atoms with Crippen molar-refractivity contribution >= 4 is 22.9 Å². The molecule has 8 nitrogen and oxygen atoms in total. The fourth-order valence-corrected chi connectivity index (χ4v) is 4.76. The maximum absolute atomic E-state index is 12.7. The summed E-state index contributed by atoms with van der Waals surface area (Å²) >= 11 is 1.57. The van der Waals surface area contributed by atoms with E-state index in [0.29, 0.717) is 24.6 Å². The fraction of sp³-hybridized carbons (Fsp3) is 0.391. The zero-order valence-electron chi connectivity index (χ0n) is 18.3. The Hall–Kier alpha value is -3.04. The van der Waals surface area contributed by atoms with Gasteiger partial charge >= 0.3 is 0 Å². The van der Waals surface area contributed by atoms with E-state index in [1.807, 2.05) is 22.4 Å². The van der Waals surface area contributed by atoms with Crippen molar-refractivity contribution in [3.8, 4) is 10.7 Å². The quantitative estimate of drug-likeness (QED) is 0.448. The zero-order chi connectivity index (χ0) is 22.1. The van der Waals surface area contributed by atoms with E-state index in [9.17, 15) is 4.79 Å². The molecular formula is C23H26N6O2S. The molecule has 0 N–H and O–H groups in total. The number of nitrogens with zero attached hydrogens (tertiary/aromatic N) is 6. The van der Waals surface area contributed by atoms with Crippen LogP contribution in [0.25, 0.3) is 16.3 Å². The van der Waals surface area contributed by atoms with Gasteiger partial charge in [0.15, 0.2) is 0 Å². The van der Waals surface area contributed by atoms with Gasteiger partial charge < -0.3 is 13.8 Å². The molecule has 4 aromatic heterocycles. The van der Waals surface area contributed by atoms with E-state index in [1.165, 1.54) is 11.3 Å². The largest absolute Gasteiger partial charge is 0.340 e. The van der Waals surface area contributed by atoms with Crippen LogP contribution in [0.2, 0.25) is 0 Å². The average Bonchev–Trinajstić information content (AvgIpc) is 3.53. The maximum Gasteiger partial charge on any atom is 0.227 e. The van der Waals surface area contributed by atoms with Crippen LogP contribution in [0.15, 0.2) is 40.4 Å². The number of piperazine rings is 1. The van der Waals surface area contributed by atoms with Crippen LogP contribution in [0.3, 0.4) is 0 Å². The Kier molecular flexibility index (Phi) is 5.75. The van der Waals surface area contributed by atoms with Crippen molar-refractivity contribution in [3.05, 3.63) is 58.7 Å². The van der Waals surface area contributed by atoms with Crippen molar-refractivity contribution in [1.29, 1.82) is 0 Å². The highest BCUT2D eigenvalue weighted by molar-refractivity contribution is 7.13. The molecule has 0 aromatic carbocycles. The molecule has 1 aliphatic heterocycles. The van der Waals surface area contributed by atoms with Crippen LogP contribution in [0.1, 0.15) is 29.3 Å². The molecule has 4 aromatic rings. The van der Waals surface area contributed by atoms with Gasteiger partial charge in [0.1, 0.15) is 5.65 Å². The summed E-state index contributed by atoms with van der Waals surface area (Å²) in [6, 6.07) is 8.14. The molecule has 32 heavy (non-hydrogen) atoms. The molecule has 0 atom stereocenters. The van der Waals surface area contributed by atoms with Gasteiger partial charge in [-0.05, 0) is 43.0 Å². The van der Waals surface area contributed by atoms with Crippen molar-refractivity contribution in [2.45, 2.75) is 33.2 Å². The van der Waals surface area contributed by atoms with Crippen molar-refractivity contribution in [2.75, 3.05) is 26.2 Å². The van der Waals surface area contributed by atoms with Crippen LogP contribution in [0, 0.1) is 13.8 Å². The summed E-state index contributed by atoms with van der Waals surface area (Å²) in [5, 5.41) is 5.99. The summed E-state index contributed by atoms with van der Waals surface area (Å²) in [5.41, 5.74) is 4.49. The van der Waals surface area contributed by atoms with Gasteiger partial charge in [-0.15, -0.1) is 11.3 Å². The third-order valence-electron chi connectivity index (χ3n) is 5.94. The molecule has 1 amide bonds. The molecule has 5 heterocycles. The molecule has 1 saturated heterocycles. The molecule has 0 aliphatic carbocycles. The monoisotopic (exact) mass is 450 g/mol. The molecule has 0 saturated carbocycles. The summed E-state index contributed by atoms with van der Waals surface area (Å²) in [6.45, 7) is 8.17. The van der Waals surface area contributed by atoms with Crippen LogP contribution < -0.4 is 0 Å². The number of carbonyl (C=O) groups excluding carboxylic acids is 1. The number of aromatic nitrogens is 4. The second-order valence-electron chi connectivity index (χ2n) is 8.22. The van der Waals surface area contributed by atoms with E-state index in [0.717, 1.165) is 48.9 Å². The molecule has 0 radical (unpaired) electrons. The molecule has 9 heteroatoms. The number of aryl methyl sites for hydroxylation is 3. The zero-order valence-corrected chi connectivity index (χ0v) is 19.1. The lowest BCUT2D eigenvalue weighted by Gasteiger charge is -2.34. The van der Waals surface area contributed by atoms with Gasteiger partial charge in [-0.25, -0.2) is 4.98 Å². The van der Waals surface area contributed by atoms with Gasteiger partial charge in [0.05, 0.1) is 16.3 Å². The molecule has 1 fully saturated rings. The molecule has 0 spiro atoms. The SMILES string of the molecule is Cc1ccn2c(CN3CCN(C(=O)CCc4nc(-c5cccs5)no4)CC3)c(C)nc2c1. The van der Waals surface area contributed by atoms with E-state index in [1.54, 1.807) is 11.3 Å². The number of amides is 1. The number of fused-ring (bicyclic) bond motifs is 1. The standard InChI is InChI=1S/C23H26N6O2S/c1-16-7-8-29-18(17(2)24-20(29)14-16)15-27-9-11-28(12-10-27)22(30)6-5-21-25-23(26-31-21)19-4-3-13-32-19/h3-4,7-8,13-14H,5-6,9-12,15H2,1-2H3. The average molecular weight is 451 g/mol. The molecular weight excluding hydrogens is 424 g/mol. The van der Waals surface area contributed by atoms with Crippen LogP contribution >= 0.6 is 11.3 Å². The normalized spacial score (nSPS) is 15.0. The smallest absolute Gasteiger partial charge is 0.227 e. The van der Waals surface area contributed by atoms with Crippen LogP contribution in [0.5, 0.6) is 0 Å². The van der Waals surface area contributed by atoms with E-state index < -0.39 is 0 Å². The Morgan fingerprint density at radius 3 is 2.78 bits per heavy atom. The molecule has 0 bridgehead atoms. The van der Waals surface area contributed by atoms with Gasteiger partial charge in [-0.2, -0.15) is 4.98 Å². The third-order valence-corrected chi connectivity index (χ3v) is 6.81. The van der Waals surface area contributed by atoms with Crippen molar-refractivity contribution in [3.63, 3.8) is 0 Å². The number of hydrogen-bond acceptors (Lipinski definition) is 7. The van der Waals surface area contributed by atoms with E-state index in [-0.39, 0.29) is 5.91 Å². The van der Waals surface area contributed by atoms with Gasteiger partial charge in [0, 0.05) is 51.8 Å². The minimum Gasteiger partial charge on any atom is -0.340 e. The highest BCUT2D eigenvalue weighted by Gasteiger charge is 2.23. The topological polar surface area (TPSA) is 79.8 Å². The lowest BCUT2D eigenvalue weighted by atomic mass is 10.2. The highest BCUT2D eigenvalue weighted by Crippen LogP contribution is 2.22. The molecule has 0 unspecified atom stereocenters. The number of rotatable bonds is 6. The third kappa shape index (κ3) is 4.31. The van der Waals surface area contributed by atoms with Gasteiger partial charge in [-0.3, -0.25) is 9.69 Å². The lowest BCUT2D eigenvalue weighted by molar-refractivity contribution is -0.133. The fourth-order valence-electron chi connectivity index (χ4n) is 4.11. The van der Waals surface area contributed by atoms with Crippen LogP contribution in [-0.2, 0) is 17.8 Å². The minimum absolute atomic E-state index is 0.141. The van der Waals surface area contributed by atoms with Gasteiger partial charge in [0.2, 0.25) is 17.6 Å². The molecule has 166 valence electrons. The van der Waals surface area contributed by atoms with Crippen molar-refractivity contribution in [1.82, 2.24) is 29.3 Å². The summed E-state index contributed by atoms with van der Waals surface area (Å²) in [4.78, 5) is 27.1. The first-order valence-electron chi connectivity index (χ1n) is 10.9. The van der Waals surface area contributed by atoms with Gasteiger partial charge in [0.25, 0.3) is 0 Å². The second kappa shape index (κ2) is 8.84. The minimum atomic E-state index is 0.141. The Labute approximate surface area is 190 Å². The van der Waals surface area contributed by atoms with Crippen LogP contribution in [-0.4, -0.2) is 61.4 Å².